The van der Waals surface area contributed by atoms with E-state index in [1.165, 1.54) is 5.69 Å². The minimum absolute atomic E-state index is 0.599. The van der Waals surface area contributed by atoms with Crippen molar-refractivity contribution in [1.29, 1.82) is 0 Å². The Balaban J connectivity index is 2.02. The second kappa shape index (κ2) is 7.16. The molecule has 0 atom stereocenters. The number of halogens is 2. The van der Waals surface area contributed by atoms with Crippen molar-refractivity contribution >= 4 is 23.2 Å². The van der Waals surface area contributed by atoms with Crippen molar-refractivity contribution in [3.05, 3.63) is 57.8 Å². The first-order chi connectivity index (χ1) is 9.56. The maximum absolute atomic E-state index is 6.06. The second-order valence-electron chi connectivity index (χ2n) is 5.40. The zero-order chi connectivity index (χ0) is 14.5. The molecule has 1 N–H and O–H groups in total. The van der Waals surface area contributed by atoms with E-state index in [1.54, 1.807) is 0 Å². The summed E-state index contributed by atoms with van der Waals surface area (Å²) >= 11 is 12.0. The highest BCUT2D eigenvalue weighted by Crippen LogP contribution is 2.23. The summed E-state index contributed by atoms with van der Waals surface area (Å²) in [7, 11) is 0. The molecule has 1 aromatic heterocycles. The predicted octanol–water partition coefficient (Wildman–Crippen LogP) is 4.59. The molecule has 0 aliphatic carbocycles. The van der Waals surface area contributed by atoms with Crippen LogP contribution in [0.4, 0.5) is 0 Å². The summed E-state index contributed by atoms with van der Waals surface area (Å²) in [4.78, 5) is 0. The molecule has 0 amide bonds. The van der Waals surface area contributed by atoms with Gasteiger partial charge in [-0.1, -0.05) is 43.1 Å². The van der Waals surface area contributed by atoms with E-state index in [0.717, 1.165) is 25.2 Å². The number of rotatable bonds is 6. The quantitative estimate of drug-likeness (QED) is 0.825. The Kier molecular flexibility index (Phi) is 5.53. The van der Waals surface area contributed by atoms with Crippen molar-refractivity contribution in [2.24, 2.45) is 5.92 Å². The molecule has 0 radical (unpaired) electrons. The van der Waals surface area contributed by atoms with Crippen LogP contribution in [0.15, 0.2) is 36.5 Å². The predicted molar refractivity (Wildman–Crippen MR) is 86.5 cm³/mol. The first-order valence-electron chi connectivity index (χ1n) is 6.85. The number of benzene rings is 1. The number of hydrogen-bond acceptors (Lipinski definition) is 1. The summed E-state index contributed by atoms with van der Waals surface area (Å²) < 4.78 is 2.23. The van der Waals surface area contributed by atoms with Gasteiger partial charge in [0, 0.05) is 25.0 Å². The molecule has 0 spiro atoms. The summed E-state index contributed by atoms with van der Waals surface area (Å²) in [6.07, 6.45) is 2.09. The Morgan fingerprint density at radius 1 is 1.15 bits per heavy atom. The maximum Gasteiger partial charge on any atom is 0.0595 e. The van der Waals surface area contributed by atoms with Gasteiger partial charge in [0.05, 0.1) is 10.0 Å². The van der Waals surface area contributed by atoms with Crippen LogP contribution in [0.1, 0.15) is 25.1 Å². The van der Waals surface area contributed by atoms with Crippen LogP contribution >= 0.6 is 23.2 Å². The van der Waals surface area contributed by atoms with Crippen molar-refractivity contribution in [2.45, 2.75) is 26.9 Å². The van der Waals surface area contributed by atoms with E-state index in [-0.39, 0.29) is 0 Å². The van der Waals surface area contributed by atoms with Crippen LogP contribution in [0.5, 0.6) is 0 Å². The smallest absolute Gasteiger partial charge is 0.0595 e. The van der Waals surface area contributed by atoms with Crippen LogP contribution in [0.3, 0.4) is 0 Å². The van der Waals surface area contributed by atoms with Gasteiger partial charge in [0.25, 0.3) is 0 Å². The molecule has 0 fully saturated rings. The molecular weight excluding hydrogens is 291 g/mol. The zero-order valence-electron chi connectivity index (χ0n) is 11.9. The molecule has 0 aliphatic heterocycles. The standard InChI is InChI=1S/C16H20Cl2N2/c1-12(2)9-19-10-14-4-3-7-20(14)11-13-5-6-15(17)16(18)8-13/h3-8,12,19H,9-11H2,1-2H3. The topological polar surface area (TPSA) is 17.0 Å². The lowest BCUT2D eigenvalue weighted by molar-refractivity contribution is 0.539. The van der Waals surface area contributed by atoms with Crippen molar-refractivity contribution in [3.8, 4) is 0 Å². The molecule has 4 heteroatoms. The average molecular weight is 311 g/mol. The summed E-state index contributed by atoms with van der Waals surface area (Å²) in [5, 5.41) is 4.67. The summed E-state index contributed by atoms with van der Waals surface area (Å²) in [6.45, 7) is 7.14. The SMILES string of the molecule is CC(C)CNCc1cccn1Cc1ccc(Cl)c(Cl)c1. The highest BCUT2D eigenvalue weighted by Gasteiger charge is 2.04. The van der Waals surface area contributed by atoms with Crippen molar-refractivity contribution in [1.82, 2.24) is 9.88 Å². The normalized spacial score (nSPS) is 11.2. The number of aromatic nitrogens is 1. The Morgan fingerprint density at radius 3 is 2.65 bits per heavy atom. The Hall–Kier alpha value is -0.960. The highest BCUT2D eigenvalue weighted by atomic mass is 35.5. The Bertz CT molecular complexity index is 561. The Labute approximate surface area is 130 Å². The molecule has 1 heterocycles. The fourth-order valence-corrected chi connectivity index (χ4v) is 2.41. The molecule has 0 unspecified atom stereocenters. The minimum atomic E-state index is 0.599. The highest BCUT2D eigenvalue weighted by molar-refractivity contribution is 6.42. The second-order valence-corrected chi connectivity index (χ2v) is 6.22. The molecule has 0 saturated heterocycles. The van der Waals surface area contributed by atoms with Crippen LogP contribution in [0, 0.1) is 5.92 Å². The van der Waals surface area contributed by atoms with E-state index < -0.39 is 0 Å². The zero-order valence-corrected chi connectivity index (χ0v) is 13.4. The summed E-state index contributed by atoms with van der Waals surface area (Å²) in [5.41, 5.74) is 2.43. The molecule has 2 aromatic rings. The number of nitrogens with one attached hydrogen (secondary N) is 1. The molecular formula is C16H20Cl2N2. The number of nitrogens with zero attached hydrogens (tertiary/aromatic N) is 1. The van der Waals surface area contributed by atoms with E-state index in [4.69, 9.17) is 23.2 Å². The largest absolute Gasteiger partial charge is 0.346 e. The lowest BCUT2D eigenvalue weighted by Crippen LogP contribution is -2.20. The summed E-state index contributed by atoms with van der Waals surface area (Å²) in [6, 6.07) is 10.0. The Morgan fingerprint density at radius 2 is 1.95 bits per heavy atom. The average Bonchev–Trinajstić information content (AvgIpc) is 2.81. The molecule has 0 bridgehead atoms. The van der Waals surface area contributed by atoms with Gasteiger partial charge in [-0.15, -0.1) is 0 Å². The fourth-order valence-electron chi connectivity index (χ4n) is 2.09. The first-order valence-corrected chi connectivity index (χ1v) is 7.60. The van der Waals surface area contributed by atoms with Crippen LogP contribution in [-0.4, -0.2) is 11.1 Å². The molecule has 108 valence electrons. The van der Waals surface area contributed by atoms with E-state index in [9.17, 15) is 0 Å². The van der Waals surface area contributed by atoms with Crippen LogP contribution in [0.2, 0.25) is 10.0 Å². The monoisotopic (exact) mass is 310 g/mol. The molecule has 0 aliphatic rings. The lowest BCUT2D eigenvalue weighted by atomic mass is 10.2. The van der Waals surface area contributed by atoms with E-state index in [0.29, 0.717) is 16.0 Å². The van der Waals surface area contributed by atoms with Crippen LogP contribution in [0.25, 0.3) is 0 Å². The van der Waals surface area contributed by atoms with Gasteiger partial charge in [0.2, 0.25) is 0 Å². The molecule has 0 saturated carbocycles. The van der Waals surface area contributed by atoms with Gasteiger partial charge in [0.1, 0.15) is 0 Å². The van der Waals surface area contributed by atoms with Crippen LogP contribution < -0.4 is 5.32 Å². The van der Waals surface area contributed by atoms with Crippen molar-refractivity contribution in [3.63, 3.8) is 0 Å². The molecule has 2 rings (SSSR count). The van der Waals surface area contributed by atoms with Crippen molar-refractivity contribution < 1.29 is 0 Å². The third-order valence-electron chi connectivity index (χ3n) is 3.12. The van der Waals surface area contributed by atoms with Gasteiger partial charge in [-0.25, -0.2) is 0 Å². The third kappa shape index (κ3) is 4.27. The molecule has 2 nitrogen and oxygen atoms in total. The summed E-state index contributed by atoms with van der Waals surface area (Å²) in [5.74, 6) is 0.661. The van der Waals surface area contributed by atoms with E-state index in [1.807, 2.05) is 18.2 Å². The van der Waals surface area contributed by atoms with Gasteiger partial charge in [-0.2, -0.15) is 0 Å². The van der Waals surface area contributed by atoms with Gasteiger partial charge < -0.3 is 9.88 Å². The third-order valence-corrected chi connectivity index (χ3v) is 3.86. The van der Waals surface area contributed by atoms with Crippen molar-refractivity contribution in [2.75, 3.05) is 6.54 Å². The van der Waals surface area contributed by atoms with Crippen LogP contribution in [-0.2, 0) is 13.1 Å². The van der Waals surface area contributed by atoms with E-state index in [2.05, 4.69) is 42.1 Å². The van der Waals surface area contributed by atoms with Gasteiger partial charge >= 0.3 is 0 Å². The van der Waals surface area contributed by atoms with E-state index >= 15 is 0 Å². The molecule has 1 aromatic carbocycles. The first kappa shape index (κ1) is 15.4. The number of hydrogen-bond donors (Lipinski definition) is 1. The minimum Gasteiger partial charge on any atom is -0.346 e. The van der Waals surface area contributed by atoms with Gasteiger partial charge in [-0.05, 0) is 42.3 Å². The maximum atomic E-state index is 6.06. The van der Waals surface area contributed by atoms with Gasteiger partial charge in [-0.3, -0.25) is 0 Å². The fraction of sp³-hybridized carbons (Fsp3) is 0.375. The lowest BCUT2D eigenvalue weighted by Gasteiger charge is -2.12. The van der Waals surface area contributed by atoms with Gasteiger partial charge in [0.15, 0.2) is 0 Å². The molecule has 20 heavy (non-hydrogen) atoms.